The fourth-order valence-corrected chi connectivity index (χ4v) is 1.07. The molecule has 0 atom stereocenters. The fraction of sp³-hybridized carbons (Fsp3) is 0. The predicted octanol–water partition coefficient (Wildman–Crippen LogP) is 3.02. The Morgan fingerprint density at radius 2 is 1.79 bits per heavy atom. The van der Waals surface area contributed by atoms with Crippen molar-refractivity contribution in [3.8, 4) is 17.4 Å². The molecule has 0 N–H and O–H groups in total. The van der Waals surface area contributed by atoms with Crippen molar-refractivity contribution in [2.75, 3.05) is 0 Å². The molecule has 0 bridgehead atoms. The fourth-order valence-electron chi connectivity index (χ4n) is 1.07. The zero-order valence-corrected chi connectivity index (χ0v) is 7.38. The number of para-hydroxylation sites is 1. The second-order valence-corrected chi connectivity index (χ2v) is 2.72. The molecule has 1 heterocycles. The topological polar surface area (TPSA) is 42.0 Å². The van der Waals surface area contributed by atoms with Crippen LogP contribution in [-0.4, -0.2) is 4.98 Å². The van der Waals surface area contributed by atoms with E-state index >= 15 is 0 Å². The van der Waals surface area contributed by atoms with Crippen molar-refractivity contribution in [2.45, 2.75) is 0 Å². The lowest BCUT2D eigenvalue weighted by atomic mass is 10.3. The van der Waals surface area contributed by atoms with Crippen molar-refractivity contribution < 1.29 is 9.84 Å². The van der Waals surface area contributed by atoms with Gasteiger partial charge in [-0.1, -0.05) is 18.2 Å². The van der Waals surface area contributed by atoms with E-state index in [1.165, 1.54) is 6.20 Å². The highest BCUT2D eigenvalue weighted by Gasteiger charge is 2.04. The van der Waals surface area contributed by atoms with Gasteiger partial charge < -0.3 is 4.74 Å². The Balaban J connectivity index is 2.24. The van der Waals surface area contributed by atoms with E-state index in [2.05, 4.69) is 4.98 Å². The largest absolute Gasteiger partial charge is 0.451 e. The highest BCUT2D eigenvalue weighted by molar-refractivity contribution is 5.36. The average Bonchev–Trinajstić information content (AvgIpc) is 2.23. The number of benzene rings is 1. The number of nitrogens with zero attached hydrogens (tertiary/aromatic N) is 1. The monoisotopic (exact) mass is 186 g/mol. The van der Waals surface area contributed by atoms with Crippen LogP contribution in [0.4, 0.5) is 0 Å². The van der Waals surface area contributed by atoms with Gasteiger partial charge in [0.1, 0.15) is 5.75 Å². The van der Waals surface area contributed by atoms with Gasteiger partial charge in [0, 0.05) is 6.20 Å². The molecule has 1 aromatic carbocycles. The summed E-state index contributed by atoms with van der Waals surface area (Å²) >= 11 is 0. The van der Waals surface area contributed by atoms with E-state index in [1.807, 2.05) is 18.2 Å². The maximum absolute atomic E-state index is 11.2. The third kappa shape index (κ3) is 1.82. The van der Waals surface area contributed by atoms with Gasteiger partial charge in [-0.3, -0.25) is 5.11 Å². The second kappa shape index (κ2) is 3.79. The molecule has 2 rings (SSSR count). The van der Waals surface area contributed by atoms with Crippen LogP contribution in [0.15, 0.2) is 48.7 Å². The van der Waals surface area contributed by atoms with E-state index in [-0.39, 0.29) is 11.6 Å². The Bertz CT molecular complexity index is 415. The van der Waals surface area contributed by atoms with Crippen molar-refractivity contribution in [3.05, 3.63) is 48.7 Å². The maximum atomic E-state index is 11.2. The summed E-state index contributed by atoms with van der Waals surface area (Å²) < 4.78 is 5.33. The zero-order valence-electron chi connectivity index (χ0n) is 7.38. The van der Waals surface area contributed by atoms with Crippen LogP contribution in [0.1, 0.15) is 0 Å². The summed E-state index contributed by atoms with van der Waals surface area (Å²) in [4.78, 5) is 3.59. The minimum absolute atomic E-state index is 0.249. The van der Waals surface area contributed by atoms with Crippen molar-refractivity contribution in [2.24, 2.45) is 0 Å². The van der Waals surface area contributed by atoms with Crippen LogP contribution in [0.2, 0.25) is 0 Å². The molecule has 14 heavy (non-hydrogen) atoms. The number of rotatable bonds is 2. The molecule has 0 saturated carbocycles. The summed E-state index contributed by atoms with van der Waals surface area (Å²) in [6, 6.07) is 12.4. The van der Waals surface area contributed by atoms with Crippen molar-refractivity contribution >= 4 is 0 Å². The van der Waals surface area contributed by atoms with Crippen molar-refractivity contribution in [1.82, 2.24) is 4.98 Å². The Hall–Kier alpha value is -2.03. The van der Waals surface area contributed by atoms with Crippen molar-refractivity contribution in [3.63, 3.8) is 0 Å². The van der Waals surface area contributed by atoms with Gasteiger partial charge in [0.25, 0.3) is 0 Å². The highest BCUT2D eigenvalue weighted by Crippen LogP contribution is 2.27. The van der Waals surface area contributed by atoms with Crippen LogP contribution in [0.25, 0.3) is 0 Å². The molecule has 2 aromatic rings. The van der Waals surface area contributed by atoms with Crippen molar-refractivity contribution in [1.29, 1.82) is 0 Å². The van der Waals surface area contributed by atoms with Gasteiger partial charge in [0.15, 0.2) is 5.75 Å². The first-order chi connectivity index (χ1) is 6.86. The molecule has 0 aliphatic rings. The smallest absolute Gasteiger partial charge is 0.312 e. The standard InChI is InChI=1S/C11H8NO2/c13-11-10(7-4-8-12-11)14-9-5-2-1-3-6-9/h1-8H. The van der Waals surface area contributed by atoms with Crippen LogP contribution in [0.3, 0.4) is 0 Å². The summed E-state index contributed by atoms with van der Waals surface area (Å²) in [5.74, 6) is 0.535. The number of hydrogen-bond donors (Lipinski definition) is 0. The summed E-state index contributed by atoms with van der Waals surface area (Å²) in [7, 11) is 0. The van der Waals surface area contributed by atoms with E-state index in [0.29, 0.717) is 5.75 Å². The molecule has 0 aliphatic heterocycles. The molecule has 1 aromatic heterocycles. The SMILES string of the molecule is [O]c1ncccc1Oc1ccccc1. The number of pyridine rings is 1. The first-order valence-electron chi connectivity index (χ1n) is 4.21. The lowest BCUT2D eigenvalue weighted by Crippen LogP contribution is -1.84. The Morgan fingerprint density at radius 1 is 1.00 bits per heavy atom. The minimum Gasteiger partial charge on any atom is -0.451 e. The molecular formula is C11H8NO2. The molecule has 0 aliphatic carbocycles. The van der Waals surface area contributed by atoms with E-state index in [9.17, 15) is 5.11 Å². The summed E-state index contributed by atoms with van der Waals surface area (Å²) in [6.45, 7) is 0. The predicted molar refractivity (Wildman–Crippen MR) is 50.9 cm³/mol. The summed E-state index contributed by atoms with van der Waals surface area (Å²) in [5, 5.41) is 11.2. The Kier molecular flexibility index (Phi) is 2.32. The van der Waals surface area contributed by atoms with Gasteiger partial charge in [0.05, 0.1) is 0 Å². The Morgan fingerprint density at radius 3 is 2.50 bits per heavy atom. The van der Waals surface area contributed by atoms with Crippen LogP contribution in [0, 0.1) is 0 Å². The van der Waals surface area contributed by atoms with E-state index < -0.39 is 0 Å². The molecule has 3 nitrogen and oxygen atoms in total. The molecule has 0 spiro atoms. The second-order valence-electron chi connectivity index (χ2n) is 2.72. The molecule has 3 heteroatoms. The Labute approximate surface area is 81.6 Å². The normalized spacial score (nSPS) is 9.71. The van der Waals surface area contributed by atoms with Crippen LogP contribution in [-0.2, 0) is 5.11 Å². The highest BCUT2D eigenvalue weighted by atomic mass is 16.5. The average molecular weight is 186 g/mol. The number of ether oxygens (including phenoxy) is 1. The minimum atomic E-state index is -0.351. The molecule has 69 valence electrons. The molecule has 0 saturated heterocycles. The molecular weight excluding hydrogens is 178 g/mol. The third-order valence-electron chi connectivity index (χ3n) is 1.71. The van der Waals surface area contributed by atoms with Crippen LogP contribution < -0.4 is 4.74 Å². The quantitative estimate of drug-likeness (QED) is 0.723. The summed E-state index contributed by atoms with van der Waals surface area (Å²) in [5.41, 5.74) is 0. The third-order valence-corrected chi connectivity index (χ3v) is 1.71. The van der Waals surface area contributed by atoms with Gasteiger partial charge in [-0.2, -0.15) is 0 Å². The maximum Gasteiger partial charge on any atom is 0.312 e. The van der Waals surface area contributed by atoms with Crippen LogP contribution in [0.5, 0.6) is 17.4 Å². The lowest BCUT2D eigenvalue weighted by molar-refractivity contribution is 0.312. The first-order valence-corrected chi connectivity index (χ1v) is 4.21. The van der Waals surface area contributed by atoms with E-state index in [1.54, 1.807) is 24.3 Å². The first kappa shape index (κ1) is 8.56. The van der Waals surface area contributed by atoms with Gasteiger partial charge in [-0.15, -0.1) is 0 Å². The number of aromatic nitrogens is 1. The molecule has 0 amide bonds. The zero-order chi connectivity index (χ0) is 9.80. The van der Waals surface area contributed by atoms with Crippen LogP contribution >= 0.6 is 0 Å². The van der Waals surface area contributed by atoms with Gasteiger partial charge in [-0.25, -0.2) is 4.98 Å². The lowest BCUT2D eigenvalue weighted by Gasteiger charge is -2.03. The van der Waals surface area contributed by atoms with Gasteiger partial charge in [0.2, 0.25) is 0 Å². The van der Waals surface area contributed by atoms with Gasteiger partial charge in [-0.05, 0) is 24.3 Å². The van der Waals surface area contributed by atoms with E-state index in [4.69, 9.17) is 4.74 Å². The summed E-state index contributed by atoms with van der Waals surface area (Å²) in [6.07, 6.45) is 1.44. The number of hydrogen-bond acceptors (Lipinski definition) is 2. The van der Waals surface area contributed by atoms with Gasteiger partial charge >= 0.3 is 5.88 Å². The molecule has 0 fully saturated rings. The molecule has 1 radical (unpaired) electrons. The van der Waals surface area contributed by atoms with E-state index in [0.717, 1.165) is 0 Å². The molecule has 0 unspecified atom stereocenters.